The molecule has 5 nitrogen and oxygen atoms in total. The molecule has 118 valence electrons. The van der Waals surface area contributed by atoms with Gasteiger partial charge >= 0.3 is 0 Å². The first-order chi connectivity index (χ1) is 12.1. The van der Waals surface area contributed by atoms with Gasteiger partial charge in [0, 0.05) is 0 Å². The Kier molecular flexibility index (Phi) is 3.19. The number of carbonyl (C=O) groups excluding carboxylic acids is 3. The Hall–Kier alpha value is -3.78. The van der Waals surface area contributed by atoms with E-state index in [1.807, 2.05) is 12.1 Å². The fraction of sp³-hybridized carbons (Fsp3) is 0. The number of fused-ring (bicyclic) bond motifs is 2. The molecule has 1 heterocycles. The minimum Gasteiger partial charge on any atom is -0.268 e. The molecule has 3 aromatic rings. The predicted octanol–water partition coefficient (Wildman–Crippen LogP) is 3.15. The topological polar surface area (TPSA) is 78.2 Å². The summed E-state index contributed by atoms with van der Waals surface area (Å²) in [6, 6.07) is 18.6. The van der Waals surface area contributed by atoms with E-state index in [0.717, 1.165) is 5.39 Å². The maximum atomic E-state index is 13.1. The molecule has 0 saturated heterocycles. The van der Waals surface area contributed by atoms with Crippen LogP contribution >= 0.6 is 0 Å². The number of amides is 3. The molecule has 0 aliphatic carbocycles. The van der Waals surface area contributed by atoms with Gasteiger partial charge in [0.05, 0.1) is 28.3 Å². The Bertz CT molecular complexity index is 1090. The van der Waals surface area contributed by atoms with Gasteiger partial charge in [0.25, 0.3) is 17.7 Å². The molecule has 3 amide bonds. The Morgan fingerprint density at radius 2 is 1.44 bits per heavy atom. The Balaban J connectivity index is 1.92. The van der Waals surface area contributed by atoms with E-state index < -0.39 is 17.7 Å². The second-order valence-corrected chi connectivity index (χ2v) is 5.62. The van der Waals surface area contributed by atoms with Crippen LogP contribution in [0.4, 0.5) is 0 Å². The predicted molar refractivity (Wildman–Crippen MR) is 89.9 cm³/mol. The molecule has 0 N–H and O–H groups in total. The molecule has 1 aliphatic rings. The molecule has 1 aliphatic heterocycles. The van der Waals surface area contributed by atoms with Crippen molar-refractivity contribution in [2.75, 3.05) is 0 Å². The van der Waals surface area contributed by atoms with Gasteiger partial charge in [-0.05, 0) is 29.0 Å². The lowest BCUT2D eigenvalue weighted by molar-refractivity contribution is 0.0567. The number of nitrogens with zero attached hydrogens (tertiary/aromatic N) is 2. The van der Waals surface area contributed by atoms with Crippen molar-refractivity contribution in [3.63, 3.8) is 0 Å². The van der Waals surface area contributed by atoms with Crippen LogP contribution in [0.25, 0.3) is 10.8 Å². The van der Waals surface area contributed by atoms with Gasteiger partial charge in [-0.3, -0.25) is 14.4 Å². The third kappa shape index (κ3) is 2.05. The smallest absolute Gasteiger partial charge is 0.268 e. The zero-order valence-corrected chi connectivity index (χ0v) is 12.9. The maximum Gasteiger partial charge on any atom is 0.269 e. The van der Waals surface area contributed by atoms with Crippen LogP contribution in [-0.2, 0) is 0 Å². The molecule has 25 heavy (non-hydrogen) atoms. The number of benzene rings is 3. The Morgan fingerprint density at radius 3 is 2.08 bits per heavy atom. The first kappa shape index (κ1) is 14.8. The summed E-state index contributed by atoms with van der Waals surface area (Å²) in [4.78, 5) is 38.8. The van der Waals surface area contributed by atoms with Crippen LogP contribution in [-0.4, -0.2) is 22.6 Å². The van der Waals surface area contributed by atoms with E-state index in [4.69, 9.17) is 0 Å². The summed E-state index contributed by atoms with van der Waals surface area (Å²) in [5.41, 5.74) is 0.578. The molecule has 3 aromatic carbocycles. The fourth-order valence-electron chi connectivity index (χ4n) is 3.08. The van der Waals surface area contributed by atoms with Crippen molar-refractivity contribution in [1.82, 2.24) is 4.90 Å². The zero-order valence-electron chi connectivity index (χ0n) is 12.9. The average Bonchev–Trinajstić information content (AvgIpc) is 2.91. The number of imide groups is 3. The number of hydrogen-bond acceptors (Lipinski definition) is 4. The van der Waals surface area contributed by atoms with Crippen LogP contribution in [0.2, 0.25) is 0 Å². The summed E-state index contributed by atoms with van der Waals surface area (Å²) in [6.45, 7) is 0. The fourth-order valence-corrected chi connectivity index (χ4v) is 3.08. The molecule has 0 bridgehead atoms. The van der Waals surface area contributed by atoms with Crippen LogP contribution in [0.1, 0.15) is 36.6 Å². The van der Waals surface area contributed by atoms with E-state index in [-0.39, 0.29) is 22.3 Å². The van der Waals surface area contributed by atoms with Gasteiger partial charge in [0.1, 0.15) is 0 Å². The van der Waals surface area contributed by atoms with Gasteiger partial charge in [-0.25, -0.2) is 4.90 Å². The second-order valence-electron chi connectivity index (χ2n) is 5.62. The highest BCUT2D eigenvalue weighted by Gasteiger charge is 2.41. The van der Waals surface area contributed by atoms with E-state index in [0.29, 0.717) is 10.3 Å². The highest BCUT2D eigenvalue weighted by molar-refractivity contribution is 6.32. The summed E-state index contributed by atoms with van der Waals surface area (Å²) in [5, 5.41) is 10.7. The Morgan fingerprint density at radius 1 is 0.840 bits per heavy atom. The molecular formula is C20H10N2O3. The number of hydrogen-bond donors (Lipinski definition) is 0. The molecule has 0 fully saturated rings. The maximum absolute atomic E-state index is 13.1. The summed E-state index contributed by atoms with van der Waals surface area (Å²) in [5.74, 6) is -2.11. The molecule has 0 saturated carbocycles. The first-order valence-electron chi connectivity index (χ1n) is 7.57. The lowest BCUT2D eigenvalue weighted by Gasteiger charge is -2.15. The van der Waals surface area contributed by atoms with Crippen LogP contribution < -0.4 is 0 Å². The lowest BCUT2D eigenvalue weighted by Crippen LogP contribution is -2.36. The molecule has 0 spiro atoms. The highest BCUT2D eigenvalue weighted by Crippen LogP contribution is 2.28. The van der Waals surface area contributed by atoms with Crippen molar-refractivity contribution in [2.24, 2.45) is 0 Å². The third-order valence-corrected chi connectivity index (χ3v) is 4.26. The van der Waals surface area contributed by atoms with Crippen LogP contribution in [0.3, 0.4) is 0 Å². The molecule has 4 rings (SSSR count). The summed E-state index contributed by atoms with van der Waals surface area (Å²) in [7, 11) is 0. The molecule has 0 unspecified atom stereocenters. The standard InChI is InChI=1S/C20H10N2O3/c21-11-13-10-9-12-5-1-2-6-14(12)17(13)20(25)22-18(23)15-7-3-4-8-16(15)19(22)24/h1-10H. The van der Waals surface area contributed by atoms with E-state index in [9.17, 15) is 19.6 Å². The van der Waals surface area contributed by atoms with Crippen LogP contribution in [0.15, 0.2) is 60.7 Å². The van der Waals surface area contributed by atoms with Crippen molar-refractivity contribution >= 4 is 28.5 Å². The van der Waals surface area contributed by atoms with Crippen molar-refractivity contribution in [3.8, 4) is 6.07 Å². The van der Waals surface area contributed by atoms with Gasteiger partial charge < -0.3 is 0 Å². The van der Waals surface area contributed by atoms with Crippen molar-refractivity contribution in [2.45, 2.75) is 0 Å². The highest BCUT2D eigenvalue weighted by atomic mass is 16.2. The van der Waals surface area contributed by atoms with E-state index in [1.165, 1.54) is 18.2 Å². The number of carbonyl (C=O) groups is 3. The lowest BCUT2D eigenvalue weighted by atomic mass is 9.98. The van der Waals surface area contributed by atoms with Gasteiger partial charge in [-0.15, -0.1) is 0 Å². The van der Waals surface area contributed by atoms with Crippen LogP contribution in [0.5, 0.6) is 0 Å². The van der Waals surface area contributed by atoms with Crippen LogP contribution in [0, 0.1) is 11.3 Å². The van der Waals surface area contributed by atoms with Gasteiger partial charge in [-0.2, -0.15) is 5.26 Å². The Labute approximate surface area is 142 Å². The summed E-state index contributed by atoms with van der Waals surface area (Å²) in [6.07, 6.45) is 0. The van der Waals surface area contributed by atoms with Gasteiger partial charge in [-0.1, -0.05) is 42.5 Å². The van der Waals surface area contributed by atoms with Crippen molar-refractivity contribution in [1.29, 1.82) is 5.26 Å². The quantitative estimate of drug-likeness (QED) is 0.644. The summed E-state index contributed by atoms with van der Waals surface area (Å²) >= 11 is 0. The average molecular weight is 326 g/mol. The second kappa shape index (κ2) is 5.39. The third-order valence-electron chi connectivity index (χ3n) is 4.26. The number of rotatable bonds is 1. The number of nitriles is 1. The molecule has 0 atom stereocenters. The van der Waals surface area contributed by atoms with Crippen molar-refractivity contribution < 1.29 is 14.4 Å². The van der Waals surface area contributed by atoms with E-state index in [2.05, 4.69) is 0 Å². The molecule has 0 radical (unpaired) electrons. The van der Waals surface area contributed by atoms with E-state index >= 15 is 0 Å². The minimum absolute atomic E-state index is 0.0649. The molecule has 5 heteroatoms. The van der Waals surface area contributed by atoms with E-state index in [1.54, 1.807) is 36.4 Å². The van der Waals surface area contributed by atoms with Gasteiger partial charge in [0.2, 0.25) is 0 Å². The normalized spacial score (nSPS) is 13.0. The van der Waals surface area contributed by atoms with Gasteiger partial charge in [0.15, 0.2) is 0 Å². The SMILES string of the molecule is N#Cc1ccc2ccccc2c1C(=O)N1C(=O)c2ccccc2C1=O. The first-order valence-corrected chi connectivity index (χ1v) is 7.57. The summed E-state index contributed by atoms with van der Waals surface area (Å²) < 4.78 is 0. The van der Waals surface area contributed by atoms with Crippen molar-refractivity contribution in [3.05, 3.63) is 82.9 Å². The monoisotopic (exact) mass is 326 g/mol. The zero-order chi connectivity index (χ0) is 17.6. The molecular weight excluding hydrogens is 316 g/mol. The minimum atomic E-state index is -0.778. The largest absolute Gasteiger partial charge is 0.269 e. The molecule has 0 aromatic heterocycles.